The molecule has 0 aliphatic carbocycles. The summed E-state index contributed by atoms with van der Waals surface area (Å²) in [6.45, 7) is 1.40. The van der Waals surface area contributed by atoms with E-state index >= 15 is 0 Å². The summed E-state index contributed by atoms with van der Waals surface area (Å²) in [6, 6.07) is 0.149. The minimum absolute atomic E-state index is 0.0977. The van der Waals surface area contributed by atoms with Crippen LogP contribution < -0.4 is 5.32 Å². The maximum Gasteiger partial charge on any atom is 0.223 e. The molecular weight excluding hydrogens is 216 g/mol. The second kappa shape index (κ2) is 4.39. The smallest absolute Gasteiger partial charge is 0.223 e. The van der Waals surface area contributed by atoms with Gasteiger partial charge in [-0.15, -0.1) is 11.6 Å². The lowest BCUT2D eigenvalue weighted by molar-refractivity contribution is -0.128. The summed E-state index contributed by atoms with van der Waals surface area (Å²) in [5.41, 5.74) is 0. The SMILES string of the molecule is O=C1CC[C@H](CN2CC(CCl)CC2=O)N1. The molecule has 2 heterocycles. The minimum Gasteiger partial charge on any atom is -0.352 e. The Bertz CT molecular complexity index is 283. The van der Waals surface area contributed by atoms with E-state index in [2.05, 4.69) is 5.32 Å². The number of hydrogen-bond donors (Lipinski definition) is 1. The van der Waals surface area contributed by atoms with E-state index in [0.717, 1.165) is 13.0 Å². The molecule has 15 heavy (non-hydrogen) atoms. The molecule has 0 bridgehead atoms. The van der Waals surface area contributed by atoms with Crippen molar-refractivity contribution in [2.75, 3.05) is 19.0 Å². The van der Waals surface area contributed by atoms with Gasteiger partial charge in [-0.25, -0.2) is 0 Å². The Morgan fingerprint density at radius 3 is 2.80 bits per heavy atom. The van der Waals surface area contributed by atoms with E-state index in [1.54, 1.807) is 0 Å². The molecule has 2 aliphatic heterocycles. The van der Waals surface area contributed by atoms with Crippen LogP contribution in [0.5, 0.6) is 0 Å². The minimum atomic E-state index is 0.0977. The van der Waals surface area contributed by atoms with Gasteiger partial charge in [0.1, 0.15) is 0 Å². The highest BCUT2D eigenvalue weighted by Gasteiger charge is 2.32. The third kappa shape index (κ3) is 2.43. The van der Waals surface area contributed by atoms with Gasteiger partial charge in [-0.3, -0.25) is 9.59 Å². The number of alkyl halides is 1. The lowest BCUT2D eigenvalue weighted by Gasteiger charge is -2.20. The normalized spacial score (nSPS) is 31.1. The monoisotopic (exact) mass is 230 g/mol. The van der Waals surface area contributed by atoms with E-state index in [-0.39, 0.29) is 23.8 Å². The van der Waals surface area contributed by atoms with Gasteiger partial charge in [0.05, 0.1) is 0 Å². The van der Waals surface area contributed by atoms with Crippen molar-refractivity contribution < 1.29 is 9.59 Å². The highest BCUT2D eigenvalue weighted by atomic mass is 35.5. The Hall–Kier alpha value is -0.770. The summed E-state index contributed by atoms with van der Waals surface area (Å²) in [4.78, 5) is 24.4. The highest BCUT2D eigenvalue weighted by Crippen LogP contribution is 2.20. The molecule has 4 nitrogen and oxygen atoms in total. The van der Waals surface area contributed by atoms with Crippen molar-refractivity contribution in [1.29, 1.82) is 0 Å². The van der Waals surface area contributed by atoms with Gasteiger partial charge in [-0.05, 0) is 12.3 Å². The topological polar surface area (TPSA) is 49.4 Å². The average Bonchev–Trinajstić information content (AvgIpc) is 2.75. The molecule has 2 amide bonds. The molecule has 0 aromatic heterocycles. The molecule has 0 aromatic rings. The first-order chi connectivity index (χ1) is 7.19. The van der Waals surface area contributed by atoms with Crippen molar-refractivity contribution in [2.24, 2.45) is 5.92 Å². The number of carbonyl (C=O) groups is 2. The summed E-state index contributed by atoms with van der Waals surface area (Å²) in [5.74, 6) is 1.10. The van der Waals surface area contributed by atoms with E-state index in [0.29, 0.717) is 25.3 Å². The molecule has 0 saturated carbocycles. The van der Waals surface area contributed by atoms with E-state index in [1.807, 2.05) is 4.90 Å². The van der Waals surface area contributed by atoms with Crippen molar-refractivity contribution >= 4 is 23.4 Å². The molecule has 2 fully saturated rings. The van der Waals surface area contributed by atoms with Crippen molar-refractivity contribution in [2.45, 2.75) is 25.3 Å². The Kier molecular flexibility index (Phi) is 3.14. The molecule has 5 heteroatoms. The van der Waals surface area contributed by atoms with Gasteiger partial charge in [-0.2, -0.15) is 0 Å². The van der Waals surface area contributed by atoms with Gasteiger partial charge >= 0.3 is 0 Å². The molecule has 1 unspecified atom stereocenters. The van der Waals surface area contributed by atoms with Gasteiger partial charge in [0.25, 0.3) is 0 Å². The molecular formula is C10H15ClN2O2. The largest absolute Gasteiger partial charge is 0.352 e. The first-order valence-electron chi connectivity index (χ1n) is 5.32. The van der Waals surface area contributed by atoms with E-state index < -0.39 is 0 Å². The summed E-state index contributed by atoms with van der Waals surface area (Å²) < 4.78 is 0. The van der Waals surface area contributed by atoms with Crippen molar-refractivity contribution in [3.05, 3.63) is 0 Å². The number of amides is 2. The third-order valence-electron chi connectivity index (χ3n) is 3.04. The first-order valence-corrected chi connectivity index (χ1v) is 5.85. The van der Waals surface area contributed by atoms with E-state index in [9.17, 15) is 9.59 Å². The molecule has 1 N–H and O–H groups in total. The van der Waals surface area contributed by atoms with Gasteiger partial charge in [0.2, 0.25) is 11.8 Å². The number of rotatable bonds is 3. The molecule has 2 atom stereocenters. The number of hydrogen-bond acceptors (Lipinski definition) is 2. The molecule has 0 spiro atoms. The quantitative estimate of drug-likeness (QED) is 0.712. The molecule has 84 valence electrons. The second-order valence-corrected chi connectivity index (χ2v) is 4.63. The van der Waals surface area contributed by atoms with Gasteiger partial charge < -0.3 is 10.2 Å². The summed E-state index contributed by atoms with van der Waals surface area (Å²) >= 11 is 5.73. The Balaban J connectivity index is 1.84. The summed E-state index contributed by atoms with van der Waals surface area (Å²) in [7, 11) is 0. The zero-order valence-corrected chi connectivity index (χ0v) is 9.29. The number of carbonyl (C=O) groups excluding carboxylic acids is 2. The lowest BCUT2D eigenvalue weighted by atomic mass is 10.1. The Morgan fingerprint density at radius 1 is 1.47 bits per heavy atom. The molecule has 2 saturated heterocycles. The fraction of sp³-hybridized carbons (Fsp3) is 0.800. The van der Waals surface area contributed by atoms with Crippen LogP contribution in [0, 0.1) is 5.92 Å². The van der Waals surface area contributed by atoms with Crippen LogP contribution in [0.15, 0.2) is 0 Å². The van der Waals surface area contributed by atoms with Gasteiger partial charge in [0.15, 0.2) is 0 Å². The van der Waals surface area contributed by atoms with Crippen LogP contribution in [-0.2, 0) is 9.59 Å². The number of nitrogens with zero attached hydrogens (tertiary/aromatic N) is 1. The summed E-state index contributed by atoms with van der Waals surface area (Å²) in [5, 5.41) is 2.87. The summed E-state index contributed by atoms with van der Waals surface area (Å²) in [6.07, 6.45) is 1.99. The van der Waals surface area contributed by atoms with Crippen LogP contribution >= 0.6 is 11.6 Å². The first kappa shape index (κ1) is 10.7. The maximum absolute atomic E-state index is 11.6. The maximum atomic E-state index is 11.6. The fourth-order valence-corrected chi connectivity index (χ4v) is 2.42. The van der Waals surface area contributed by atoms with E-state index in [4.69, 9.17) is 11.6 Å². The standard InChI is InChI=1S/C10H15ClN2O2/c11-4-7-3-10(15)13(5-7)6-8-1-2-9(14)12-8/h7-8H,1-6H2,(H,12,14)/t7?,8-/m1/s1. The predicted molar refractivity (Wildman–Crippen MR) is 56.6 cm³/mol. The second-order valence-electron chi connectivity index (χ2n) is 4.33. The number of nitrogens with one attached hydrogen (secondary N) is 1. The van der Waals surface area contributed by atoms with Crippen LogP contribution in [0.25, 0.3) is 0 Å². The number of likely N-dealkylation sites (tertiary alicyclic amines) is 1. The number of halogens is 1. The third-order valence-corrected chi connectivity index (χ3v) is 3.47. The molecule has 2 aliphatic rings. The van der Waals surface area contributed by atoms with Gasteiger partial charge in [-0.1, -0.05) is 0 Å². The van der Waals surface area contributed by atoms with Crippen LogP contribution in [0.3, 0.4) is 0 Å². The van der Waals surface area contributed by atoms with Crippen LogP contribution in [-0.4, -0.2) is 41.7 Å². The van der Waals surface area contributed by atoms with Crippen LogP contribution in [0.2, 0.25) is 0 Å². The van der Waals surface area contributed by atoms with Crippen molar-refractivity contribution in [1.82, 2.24) is 10.2 Å². The molecule has 2 rings (SSSR count). The highest BCUT2D eigenvalue weighted by molar-refractivity contribution is 6.18. The Labute approximate surface area is 93.9 Å². The molecule has 0 aromatic carbocycles. The van der Waals surface area contributed by atoms with Crippen molar-refractivity contribution in [3.63, 3.8) is 0 Å². The average molecular weight is 231 g/mol. The lowest BCUT2D eigenvalue weighted by Crippen LogP contribution is -2.39. The van der Waals surface area contributed by atoms with Crippen molar-refractivity contribution in [3.8, 4) is 0 Å². The van der Waals surface area contributed by atoms with E-state index in [1.165, 1.54) is 0 Å². The Morgan fingerprint density at radius 2 is 2.27 bits per heavy atom. The predicted octanol–water partition coefficient (Wildman–Crippen LogP) is 0.352. The zero-order valence-electron chi connectivity index (χ0n) is 8.54. The zero-order chi connectivity index (χ0) is 10.8. The van der Waals surface area contributed by atoms with Gasteiger partial charge in [0, 0.05) is 37.9 Å². The fourth-order valence-electron chi connectivity index (χ4n) is 2.21. The molecule has 0 radical (unpaired) electrons. The van der Waals surface area contributed by atoms with Crippen LogP contribution in [0.1, 0.15) is 19.3 Å². The van der Waals surface area contributed by atoms with Crippen LogP contribution in [0.4, 0.5) is 0 Å².